The van der Waals surface area contributed by atoms with Gasteiger partial charge in [-0.1, -0.05) is 19.9 Å². The molecule has 0 aliphatic carbocycles. The number of rotatable bonds is 10. The minimum atomic E-state index is -0.197. The Kier molecular flexibility index (Phi) is 9.24. The van der Waals surface area contributed by atoms with E-state index in [1.54, 1.807) is 24.3 Å². The van der Waals surface area contributed by atoms with Crippen LogP contribution in [0.3, 0.4) is 0 Å². The van der Waals surface area contributed by atoms with Crippen LogP contribution in [0.5, 0.6) is 0 Å². The largest absolute Gasteiger partial charge is 0.355 e. The summed E-state index contributed by atoms with van der Waals surface area (Å²) in [5.74, 6) is -0.442. The van der Waals surface area contributed by atoms with Gasteiger partial charge in [-0.3, -0.25) is 19.3 Å². The van der Waals surface area contributed by atoms with Gasteiger partial charge in [-0.2, -0.15) is 0 Å². The molecular weight excluding hydrogens is 320 g/mol. The highest BCUT2D eigenvalue weighted by Crippen LogP contribution is 2.15. The summed E-state index contributed by atoms with van der Waals surface area (Å²) in [6.45, 7) is 7.07. The SMILES string of the molecule is CCCNC(=O)CN(CCC)CC(=O)Nc1cccc(NC(C)=O)c1. The molecule has 0 aliphatic heterocycles. The van der Waals surface area contributed by atoms with Crippen molar-refractivity contribution in [1.29, 1.82) is 0 Å². The van der Waals surface area contributed by atoms with Crippen molar-refractivity contribution in [3.63, 3.8) is 0 Å². The third kappa shape index (κ3) is 8.85. The normalized spacial score (nSPS) is 10.4. The van der Waals surface area contributed by atoms with Crippen molar-refractivity contribution in [1.82, 2.24) is 10.2 Å². The van der Waals surface area contributed by atoms with E-state index in [1.807, 2.05) is 18.7 Å². The first-order chi connectivity index (χ1) is 11.9. The molecule has 0 spiro atoms. The van der Waals surface area contributed by atoms with Gasteiger partial charge in [0.25, 0.3) is 0 Å². The molecule has 0 fully saturated rings. The zero-order chi connectivity index (χ0) is 18.7. The molecule has 0 unspecified atom stereocenters. The number of carbonyl (C=O) groups is 3. The maximum atomic E-state index is 12.3. The van der Waals surface area contributed by atoms with E-state index in [4.69, 9.17) is 0 Å². The minimum Gasteiger partial charge on any atom is -0.355 e. The van der Waals surface area contributed by atoms with Gasteiger partial charge in [0.05, 0.1) is 13.1 Å². The van der Waals surface area contributed by atoms with Crippen LogP contribution < -0.4 is 16.0 Å². The molecule has 7 nitrogen and oxygen atoms in total. The van der Waals surface area contributed by atoms with Crippen LogP contribution in [0.15, 0.2) is 24.3 Å². The molecule has 0 atom stereocenters. The molecule has 0 bridgehead atoms. The molecule has 3 N–H and O–H groups in total. The van der Waals surface area contributed by atoms with Gasteiger partial charge in [-0.05, 0) is 37.6 Å². The molecule has 3 amide bonds. The van der Waals surface area contributed by atoms with Crippen molar-refractivity contribution in [2.24, 2.45) is 0 Å². The Labute approximate surface area is 149 Å². The summed E-state index contributed by atoms with van der Waals surface area (Å²) in [6, 6.07) is 6.94. The fourth-order valence-corrected chi connectivity index (χ4v) is 2.34. The van der Waals surface area contributed by atoms with Gasteiger partial charge < -0.3 is 16.0 Å². The van der Waals surface area contributed by atoms with Crippen molar-refractivity contribution < 1.29 is 14.4 Å². The lowest BCUT2D eigenvalue weighted by Gasteiger charge is -2.20. The third-order valence-corrected chi connectivity index (χ3v) is 3.31. The van der Waals surface area contributed by atoms with Crippen molar-refractivity contribution in [2.75, 3.05) is 36.8 Å². The highest BCUT2D eigenvalue weighted by molar-refractivity contribution is 5.94. The van der Waals surface area contributed by atoms with E-state index in [2.05, 4.69) is 16.0 Å². The lowest BCUT2D eigenvalue weighted by Crippen LogP contribution is -2.41. The van der Waals surface area contributed by atoms with Gasteiger partial charge in [0.2, 0.25) is 17.7 Å². The van der Waals surface area contributed by atoms with Crippen molar-refractivity contribution >= 4 is 29.1 Å². The minimum absolute atomic E-state index is 0.0734. The number of carbonyl (C=O) groups excluding carboxylic acids is 3. The van der Waals surface area contributed by atoms with Crippen LogP contribution in [-0.4, -0.2) is 48.8 Å². The van der Waals surface area contributed by atoms with Crippen LogP contribution in [-0.2, 0) is 14.4 Å². The number of amides is 3. The molecule has 7 heteroatoms. The fourth-order valence-electron chi connectivity index (χ4n) is 2.34. The summed E-state index contributed by atoms with van der Waals surface area (Å²) in [5, 5.41) is 8.29. The van der Waals surface area contributed by atoms with Crippen molar-refractivity contribution in [2.45, 2.75) is 33.6 Å². The first-order valence-electron chi connectivity index (χ1n) is 8.61. The highest BCUT2D eigenvalue weighted by atomic mass is 16.2. The van der Waals surface area contributed by atoms with Crippen LogP contribution in [0.2, 0.25) is 0 Å². The topological polar surface area (TPSA) is 90.5 Å². The van der Waals surface area contributed by atoms with Gasteiger partial charge in [-0.15, -0.1) is 0 Å². The van der Waals surface area contributed by atoms with Crippen molar-refractivity contribution in [3.05, 3.63) is 24.3 Å². The Bertz CT molecular complexity index is 589. The third-order valence-electron chi connectivity index (χ3n) is 3.31. The molecule has 0 aliphatic rings. The van der Waals surface area contributed by atoms with Crippen LogP contribution in [0, 0.1) is 0 Å². The van der Waals surface area contributed by atoms with Gasteiger partial charge >= 0.3 is 0 Å². The monoisotopic (exact) mass is 348 g/mol. The number of hydrogen-bond donors (Lipinski definition) is 3. The van der Waals surface area contributed by atoms with Crippen LogP contribution >= 0.6 is 0 Å². The summed E-state index contributed by atoms with van der Waals surface area (Å²) < 4.78 is 0. The zero-order valence-electron chi connectivity index (χ0n) is 15.2. The Morgan fingerprint density at radius 3 is 2.20 bits per heavy atom. The molecule has 25 heavy (non-hydrogen) atoms. The maximum Gasteiger partial charge on any atom is 0.238 e. The van der Waals surface area contributed by atoms with Gasteiger partial charge in [0, 0.05) is 24.8 Å². The van der Waals surface area contributed by atoms with E-state index in [-0.39, 0.29) is 30.8 Å². The lowest BCUT2D eigenvalue weighted by molar-refractivity contribution is -0.123. The second-order valence-corrected chi connectivity index (χ2v) is 5.87. The Morgan fingerprint density at radius 1 is 0.960 bits per heavy atom. The Balaban J connectivity index is 2.59. The summed E-state index contributed by atoms with van der Waals surface area (Å²) in [6.07, 6.45) is 1.73. The molecule has 1 aromatic rings. The van der Waals surface area contributed by atoms with Gasteiger partial charge in [0.15, 0.2) is 0 Å². The standard InChI is InChI=1S/C18H28N4O3/c1-4-9-19-17(24)12-22(10-5-2)13-18(25)21-16-8-6-7-15(11-16)20-14(3)23/h6-8,11H,4-5,9-10,12-13H2,1-3H3,(H,19,24)(H,20,23)(H,21,25). The highest BCUT2D eigenvalue weighted by Gasteiger charge is 2.14. The summed E-state index contributed by atoms with van der Waals surface area (Å²) >= 11 is 0. The smallest absolute Gasteiger partial charge is 0.238 e. The zero-order valence-corrected chi connectivity index (χ0v) is 15.2. The van der Waals surface area contributed by atoms with E-state index < -0.39 is 0 Å². The molecule has 138 valence electrons. The second kappa shape index (κ2) is 11.2. The van der Waals surface area contributed by atoms with E-state index in [0.717, 1.165) is 12.8 Å². The van der Waals surface area contributed by atoms with Gasteiger partial charge in [-0.25, -0.2) is 0 Å². The Hall–Kier alpha value is -2.41. The molecule has 0 radical (unpaired) electrons. The predicted molar refractivity (Wildman–Crippen MR) is 99.4 cm³/mol. The Morgan fingerprint density at radius 2 is 1.60 bits per heavy atom. The number of nitrogens with zero attached hydrogens (tertiary/aromatic N) is 1. The first kappa shape index (κ1) is 20.6. The molecule has 0 saturated carbocycles. The molecular formula is C18H28N4O3. The molecule has 0 saturated heterocycles. The fraction of sp³-hybridized carbons (Fsp3) is 0.500. The number of hydrogen-bond acceptors (Lipinski definition) is 4. The molecule has 0 aromatic heterocycles. The van der Waals surface area contributed by atoms with E-state index in [9.17, 15) is 14.4 Å². The van der Waals surface area contributed by atoms with Crippen molar-refractivity contribution in [3.8, 4) is 0 Å². The molecule has 0 heterocycles. The summed E-state index contributed by atoms with van der Waals surface area (Å²) in [4.78, 5) is 37.0. The number of nitrogens with one attached hydrogen (secondary N) is 3. The quantitative estimate of drug-likeness (QED) is 0.602. The van der Waals surface area contributed by atoms with Crippen LogP contribution in [0.4, 0.5) is 11.4 Å². The summed E-state index contributed by atoms with van der Waals surface area (Å²) in [7, 11) is 0. The van der Waals surface area contributed by atoms with E-state index in [0.29, 0.717) is 24.5 Å². The first-order valence-corrected chi connectivity index (χ1v) is 8.61. The van der Waals surface area contributed by atoms with Crippen LogP contribution in [0.25, 0.3) is 0 Å². The summed E-state index contributed by atoms with van der Waals surface area (Å²) in [5.41, 5.74) is 1.22. The predicted octanol–water partition coefficient (Wildman–Crippen LogP) is 1.82. The molecule has 1 rings (SSSR count). The maximum absolute atomic E-state index is 12.3. The van der Waals surface area contributed by atoms with E-state index in [1.165, 1.54) is 6.92 Å². The average Bonchev–Trinajstić information content (AvgIpc) is 2.52. The van der Waals surface area contributed by atoms with Gasteiger partial charge in [0.1, 0.15) is 0 Å². The number of benzene rings is 1. The average molecular weight is 348 g/mol. The van der Waals surface area contributed by atoms with Crippen LogP contribution in [0.1, 0.15) is 33.6 Å². The second-order valence-electron chi connectivity index (χ2n) is 5.87. The number of anilines is 2. The lowest BCUT2D eigenvalue weighted by atomic mass is 10.2. The molecule has 1 aromatic carbocycles. The van der Waals surface area contributed by atoms with E-state index >= 15 is 0 Å².